The summed E-state index contributed by atoms with van der Waals surface area (Å²) < 4.78 is 6.30. The number of rotatable bonds is 5. The molecule has 1 saturated carbocycles. The maximum Gasteiger partial charge on any atom is 0.223 e. The molecule has 1 fully saturated rings. The smallest absolute Gasteiger partial charge is 0.223 e. The van der Waals surface area contributed by atoms with Crippen molar-refractivity contribution in [3.63, 3.8) is 0 Å². The quantitative estimate of drug-likeness (QED) is 0.902. The molecule has 4 nitrogen and oxygen atoms in total. The second-order valence-electron chi connectivity index (χ2n) is 5.23. The molecule has 0 radical (unpaired) electrons. The fourth-order valence-corrected chi connectivity index (χ4v) is 3.51. The molecule has 1 aliphatic rings. The summed E-state index contributed by atoms with van der Waals surface area (Å²) in [5, 5.41) is 9.89. The zero-order valence-corrected chi connectivity index (χ0v) is 13.3. The van der Waals surface area contributed by atoms with E-state index in [4.69, 9.17) is 4.52 Å². The van der Waals surface area contributed by atoms with Gasteiger partial charge in [-0.05, 0) is 58.6 Å². The average Bonchev–Trinajstić information content (AvgIpc) is 3.03. The summed E-state index contributed by atoms with van der Waals surface area (Å²) in [6.45, 7) is 4.83. The second-order valence-corrected chi connectivity index (χ2v) is 7.52. The summed E-state index contributed by atoms with van der Waals surface area (Å²) in [7, 11) is 0. The molecule has 1 atom stereocenters. The Kier molecular flexibility index (Phi) is 3.49. The summed E-state index contributed by atoms with van der Waals surface area (Å²) in [5.74, 6) is 2.01. The van der Waals surface area contributed by atoms with E-state index in [-0.39, 0.29) is 5.54 Å². The molecular weight excluding hydrogens is 326 g/mol. The van der Waals surface area contributed by atoms with E-state index in [1.54, 1.807) is 11.3 Å². The van der Waals surface area contributed by atoms with E-state index in [2.05, 4.69) is 49.8 Å². The van der Waals surface area contributed by atoms with Gasteiger partial charge < -0.3 is 9.84 Å². The van der Waals surface area contributed by atoms with Crippen molar-refractivity contribution < 1.29 is 4.52 Å². The summed E-state index contributed by atoms with van der Waals surface area (Å²) in [6, 6.07) is 2.15. The van der Waals surface area contributed by atoms with Gasteiger partial charge in [0.15, 0.2) is 5.82 Å². The number of aryl methyl sites for hydroxylation is 1. The number of nitrogens with zero attached hydrogens (tertiary/aromatic N) is 2. The molecule has 2 heterocycles. The van der Waals surface area contributed by atoms with Crippen molar-refractivity contribution in [2.75, 3.05) is 0 Å². The van der Waals surface area contributed by atoms with Gasteiger partial charge in [-0.15, -0.1) is 11.3 Å². The molecular formula is C13H16BrN3OS. The lowest BCUT2D eigenvalue weighted by Crippen LogP contribution is -2.42. The molecule has 0 spiro atoms. The highest BCUT2D eigenvalue weighted by Crippen LogP contribution is 2.44. The van der Waals surface area contributed by atoms with Crippen LogP contribution in [0.4, 0.5) is 0 Å². The van der Waals surface area contributed by atoms with Gasteiger partial charge in [0.25, 0.3) is 0 Å². The van der Waals surface area contributed by atoms with Gasteiger partial charge >= 0.3 is 0 Å². The van der Waals surface area contributed by atoms with Crippen LogP contribution in [0.2, 0.25) is 0 Å². The highest BCUT2D eigenvalue weighted by molar-refractivity contribution is 9.11. The molecule has 3 rings (SSSR count). The summed E-state index contributed by atoms with van der Waals surface area (Å²) in [6.07, 6.45) is 2.45. The summed E-state index contributed by atoms with van der Waals surface area (Å²) in [5.41, 5.74) is 1.09. The second kappa shape index (κ2) is 5.00. The number of hydrogen-bond acceptors (Lipinski definition) is 5. The van der Waals surface area contributed by atoms with E-state index >= 15 is 0 Å². The number of aromatic nitrogens is 2. The van der Waals surface area contributed by atoms with Crippen molar-refractivity contribution in [3.05, 3.63) is 32.5 Å². The van der Waals surface area contributed by atoms with Crippen LogP contribution in [0.3, 0.4) is 0 Å². The maximum absolute atomic E-state index is 5.14. The van der Waals surface area contributed by atoms with E-state index in [0.717, 1.165) is 16.2 Å². The molecule has 2 aromatic rings. The van der Waals surface area contributed by atoms with Crippen molar-refractivity contribution in [2.24, 2.45) is 5.92 Å². The third-order valence-electron chi connectivity index (χ3n) is 3.67. The van der Waals surface area contributed by atoms with Crippen LogP contribution >= 0.6 is 27.3 Å². The SMILES string of the molecule is Cc1nc(C(C)(NCc2csc(Br)c2)C2CC2)no1. The largest absolute Gasteiger partial charge is 0.340 e. The number of halogens is 1. The molecule has 102 valence electrons. The first kappa shape index (κ1) is 13.3. The van der Waals surface area contributed by atoms with Crippen molar-refractivity contribution in [1.82, 2.24) is 15.5 Å². The molecule has 0 saturated heterocycles. The van der Waals surface area contributed by atoms with Crippen LogP contribution in [0.1, 0.15) is 37.0 Å². The minimum Gasteiger partial charge on any atom is -0.340 e. The summed E-state index contributed by atoms with van der Waals surface area (Å²) in [4.78, 5) is 4.41. The lowest BCUT2D eigenvalue weighted by atomic mass is 9.94. The van der Waals surface area contributed by atoms with E-state index in [1.807, 2.05) is 6.92 Å². The topological polar surface area (TPSA) is 51.0 Å². The first-order valence-electron chi connectivity index (χ1n) is 6.36. The maximum atomic E-state index is 5.14. The lowest BCUT2D eigenvalue weighted by Gasteiger charge is -2.27. The number of hydrogen-bond donors (Lipinski definition) is 1. The molecule has 1 unspecified atom stereocenters. The predicted octanol–water partition coefficient (Wildman–Crippen LogP) is 3.62. The lowest BCUT2D eigenvalue weighted by molar-refractivity contribution is 0.280. The molecule has 1 aliphatic carbocycles. The van der Waals surface area contributed by atoms with Crippen LogP contribution in [0, 0.1) is 12.8 Å². The van der Waals surface area contributed by atoms with E-state index in [0.29, 0.717) is 11.8 Å². The van der Waals surface area contributed by atoms with Crippen LogP contribution in [0.15, 0.2) is 19.8 Å². The van der Waals surface area contributed by atoms with Gasteiger partial charge in [0.05, 0.1) is 9.33 Å². The first-order chi connectivity index (χ1) is 9.08. The van der Waals surface area contributed by atoms with Crippen LogP contribution in [-0.4, -0.2) is 10.1 Å². The van der Waals surface area contributed by atoms with Crippen molar-refractivity contribution in [1.29, 1.82) is 0 Å². The first-order valence-corrected chi connectivity index (χ1v) is 8.04. The van der Waals surface area contributed by atoms with Crippen LogP contribution in [-0.2, 0) is 12.1 Å². The monoisotopic (exact) mass is 341 g/mol. The Morgan fingerprint density at radius 1 is 1.58 bits per heavy atom. The molecule has 0 aromatic carbocycles. The third kappa shape index (κ3) is 2.75. The van der Waals surface area contributed by atoms with Gasteiger partial charge in [0.1, 0.15) is 0 Å². The normalized spacial score (nSPS) is 18.5. The van der Waals surface area contributed by atoms with Crippen molar-refractivity contribution >= 4 is 27.3 Å². The Hall–Kier alpha value is -0.720. The summed E-state index contributed by atoms with van der Waals surface area (Å²) >= 11 is 5.20. The number of nitrogens with one attached hydrogen (secondary N) is 1. The van der Waals surface area contributed by atoms with Gasteiger partial charge in [-0.2, -0.15) is 4.98 Å². The van der Waals surface area contributed by atoms with Crippen molar-refractivity contribution in [3.8, 4) is 0 Å². The molecule has 19 heavy (non-hydrogen) atoms. The Morgan fingerprint density at radius 2 is 2.37 bits per heavy atom. The molecule has 0 amide bonds. The van der Waals surface area contributed by atoms with Crippen molar-refractivity contribution in [2.45, 2.75) is 38.8 Å². The minimum atomic E-state index is -0.188. The standard InChI is InChI=1S/C13H16BrN3OS/c1-8-16-12(17-18-8)13(2,10-3-4-10)15-6-9-5-11(14)19-7-9/h5,7,10,15H,3-4,6H2,1-2H3. The fraction of sp³-hybridized carbons (Fsp3) is 0.538. The van der Waals surface area contributed by atoms with Gasteiger partial charge in [0.2, 0.25) is 5.89 Å². The van der Waals surface area contributed by atoms with Gasteiger partial charge in [-0.1, -0.05) is 5.16 Å². The highest BCUT2D eigenvalue weighted by atomic mass is 79.9. The molecule has 1 N–H and O–H groups in total. The Balaban J connectivity index is 1.77. The van der Waals surface area contributed by atoms with Crippen LogP contribution in [0.5, 0.6) is 0 Å². The fourth-order valence-electron chi connectivity index (χ4n) is 2.30. The number of thiophene rings is 1. The Bertz CT molecular complexity index is 578. The minimum absolute atomic E-state index is 0.188. The van der Waals surface area contributed by atoms with Crippen LogP contribution < -0.4 is 5.32 Å². The molecule has 0 bridgehead atoms. The van der Waals surface area contributed by atoms with Gasteiger partial charge in [0, 0.05) is 13.5 Å². The van der Waals surface area contributed by atoms with Gasteiger partial charge in [-0.25, -0.2) is 0 Å². The van der Waals surface area contributed by atoms with Crippen LogP contribution in [0.25, 0.3) is 0 Å². The Morgan fingerprint density at radius 3 is 2.89 bits per heavy atom. The zero-order valence-electron chi connectivity index (χ0n) is 10.9. The van der Waals surface area contributed by atoms with Gasteiger partial charge in [-0.3, -0.25) is 0 Å². The molecule has 6 heteroatoms. The third-order valence-corrected chi connectivity index (χ3v) is 5.22. The highest BCUT2D eigenvalue weighted by Gasteiger charge is 2.45. The predicted molar refractivity (Wildman–Crippen MR) is 78.0 cm³/mol. The molecule has 2 aromatic heterocycles. The molecule has 0 aliphatic heterocycles. The Labute approximate surface area is 124 Å². The average molecular weight is 342 g/mol. The zero-order chi connectivity index (χ0) is 13.5. The van der Waals surface area contributed by atoms with E-state index in [9.17, 15) is 0 Å². The van der Waals surface area contributed by atoms with E-state index < -0.39 is 0 Å². The van der Waals surface area contributed by atoms with E-state index in [1.165, 1.54) is 18.4 Å².